The number of carbonyl (C=O) groups is 1. The third-order valence-electron chi connectivity index (χ3n) is 2.77. The maximum absolute atomic E-state index is 12.3. The molecule has 0 fully saturated rings. The zero-order valence-corrected chi connectivity index (χ0v) is 13.2. The van der Waals surface area contributed by atoms with Gasteiger partial charge in [-0.25, -0.2) is 4.98 Å². The maximum atomic E-state index is 12.3. The van der Waals surface area contributed by atoms with Gasteiger partial charge in [0.15, 0.2) is 15.8 Å². The Hall–Kier alpha value is -1.64. The van der Waals surface area contributed by atoms with Crippen LogP contribution in [-0.4, -0.2) is 21.0 Å². The highest BCUT2D eigenvalue weighted by Crippen LogP contribution is 2.27. The highest BCUT2D eigenvalue weighted by molar-refractivity contribution is 7.99. The lowest BCUT2D eigenvalue weighted by Crippen LogP contribution is -2.14. The molecule has 1 aromatic carbocycles. The van der Waals surface area contributed by atoms with Crippen LogP contribution in [0.5, 0.6) is 0 Å². The first kappa shape index (κ1) is 15.3. The number of amides is 1. The molecule has 3 rings (SSSR count). The van der Waals surface area contributed by atoms with Crippen molar-refractivity contribution in [3.8, 4) is 0 Å². The number of alkyl halides is 2. The number of anilines is 1. The van der Waals surface area contributed by atoms with Crippen molar-refractivity contribution in [1.29, 1.82) is 0 Å². The summed E-state index contributed by atoms with van der Waals surface area (Å²) >= 11 is 7.80. The number of thioether (sulfide) groups is 1. The zero-order valence-electron chi connectivity index (χ0n) is 10.8. The van der Waals surface area contributed by atoms with Gasteiger partial charge in [0.05, 0.1) is 0 Å². The Kier molecular flexibility index (Phi) is 4.32. The van der Waals surface area contributed by atoms with Crippen molar-refractivity contribution in [3.63, 3.8) is 0 Å². The van der Waals surface area contributed by atoms with Gasteiger partial charge in [0.25, 0.3) is 11.7 Å². The van der Waals surface area contributed by atoms with E-state index < -0.39 is 11.7 Å². The molecule has 4 nitrogen and oxygen atoms in total. The molecule has 9 heteroatoms. The van der Waals surface area contributed by atoms with E-state index in [1.165, 1.54) is 23.5 Å². The molecule has 2 heterocycles. The van der Waals surface area contributed by atoms with Gasteiger partial charge in [0, 0.05) is 22.2 Å². The van der Waals surface area contributed by atoms with E-state index >= 15 is 0 Å². The van der Waals surface area contributed by atoms with Crippen LogP contribution in [0.3, 0.4) is 0 Å². The Morgan fingerprint density at radius 2 is 2.09 bits per heavy atom. The summed E-state index contributed by atoms with van der Waals surface area (Å²) in [6.07, 6.45) is 1.70. The van der Waals surface area contributed by atoms with Gasteiger partial charge in [-0.3, -0.25) is 9.20 Å². The number of halogens is 3. The number of fused-ring (bicyclic) bond motifs is 1. The third-order valence-corrected chi connectivity index (χ3v) is 4.51. The molecule has 22 heavy (non-hydrogen) atoms. The molecule has 0 saturated heterocycles. The van der Waals surface area contributed by atoms with Crippen molar-refractivity contribution >= 4 is 51.3 Å². The Morgan fingerprint density at radius 1 is 1.36 bits per heavy atom. The standard InChI is InChI=1S/C13H8ClF2N3OS2/c14-10-9(19-5-6-21-13(19)18-10)11(20)17-7-1-3-8(4-2-7)22-12(15)16/h1-6,12H,(H,17,20). The third kappa shape index (κ3) is 3.08. The molecule has 2 aromatic heterocycles. The van der Waals surface area contributed by atoms with Gasteiger partial charge in [-0.05, 0) is 24.3 Å². The van der Waals surface area contributed by atoms with Crippen LogP contribution in [0.15, 0.2) is 40.7 Å². The summed E-state index contributed by atoms with van der Waals surface area (Å²) in [5.74, 6) is -2.89. The lowest BCUT2D eigenvalue weighted by Gasteiger charge is -2.06. The van der Waals surface area contributed by atoms with Gasteiger partial charge in [-0.1, -0.05) is 23.4 Å². The minimum Gasteiger partial charge on any atom is -0.321 e. The SMILES string of the molecule is O=C(Nc1ccc(SC(F)F)cc1)c1c(Cl)nc2sccn12. The molecule has 3 aromatic rings. The van der Waals surface area contributed by atoms with Gasteiger partial charge in [0.1, 0.15) is 0 Å². The number of hydrogen-bond donors (Lipinski definition) is 1. The molecule has 0 radical (unpaired) electrons. The van der Waals surface area contributed by atoms with Crippen molar-refractivity contribution in [3.05, 3.63) is 46.7 Å². The predicted molar refractivity (Wildman–Crippen MR) is 84.3 cm³/mol. The number of rotatable bonds is 4. The molecule has 0 saturated carbocycles. The second-order valence-corrected chi connectivity index (χ2v) is 6.46. The van der Waals surface area contributed by atoms with Gasteiger partial charge in [-0.15, -0.1) is 11.3 Å². The number of imidazole rings is 1. The van der Waals surface area contributed by atoms with Crippen molar-refractivity contribution in [2.75, 3.05) is 5.32 Å². The molecule has 0 bridgehead atoms. The van der Waals surface area contributed by atoms with E-state index in [-0.39, 0.29) is 10.8 Å². The summed E-state index contributed by atoms with van der Waals surface area (Å²) in [5, 5.41) is 4.59. The van der Waals surface area contributed by atoms with Crippen molar-refractivity contribution in [1.82, 2.24) is 9.38 Å². The van der Waals surface area contributed by atoms with Crippen LogP contribution < -0.4 is 5.32 Å². The quantitative estimate of drug-likeness (QED) is 0.691. The Labute approximate surface area is 137 Å². The van der Waals surface area contributed by atoms with Crippen LogP contribution in [0, 0.1) is 0 Å². The van der Waals surface area contributed by atoms with Crippen LogP contribution in [0.4, 0.5) is 14.5 Å². The van der Waals surface area contributed by atoms with Crippen LogP contribution in [0.1, 0.15) is 10.5 Å². The largest absolute Gasteiger partial charge is 0.321 e. The summed E-state index contributed by atoms with van der Waals surface area (Å²) < 4.78 is 26.1. The predicted octanol–water partition coefficient (Wildman–Crippen LogP) is 4.62. The number of benzene rings is 1. The van der Waals surface area contributed by atoms with Crippen LogP contribution >= 0.6 is 34.7 Å². The number of nitrogens with zero attached hydrogens (tertiary/aromatic N) is 2. The first-order chi connectivity index (χ1) is 10.5. The number of thiazole rings is 1. The fraction of sp³-hybridized carbons (Fsp3) is 0.0769. The van der Waals surface area contributed by atoms with E-state index in [4.69, 9.17) is 11.6 Å². The second kappa shape index (κ2) is 6.23. The van der Waals surface area contributed by atoms with Crippen LogP contribution in [-0.2, 0) is 0 Å². The monoisotopic (exact) mass is 359 g/mol. The molecule has 0 aliphatic heterocycles. The average Bonchev–Trinajstić information content (AvgIpc) is 2.99. The van der Waals surface area contributed by atoms with E-state index in [1.807, 2.05) is 0 Å². The van der Waals surface area contributed by atoms with Gasteiger partial charge in [-0.2, -0.15) is 8.78 Å². The first-order valence-electron chi connectivity index (χ1n) is 6.02. The van der Waals surface area contributed by atoms with E-state index in [0.717, 1.165) is 0 Å². The lowest BCUT2D eigenvalue weighted by molar-refractivity contribution is 0.102. The summed E-state index contributed by atoms with van der Waals surface area (Å²) in [5.41, 5.74) is 0.730. The fourth-order valence-corrected chi connectivity index (χ4v) is 3.39. The van der Waals surface area contributed by atoms with E-state index in [1.54, 1.807) is 28.1 Å². The molecule has 1 N–H and O–H groups in total. The number of nitrogens with one attached hydrogen (secondary N) is 1. The lowest BCUT2D eigenvalue weighted by atomic mass is 10.3. The second-order valence-electron chi connectivity index (χ2n) is 4.16. The Balaban J connectivity index is 1.79. The topological polar surface area (TPSA) is 46.4 Å². The molecule has 0 spiro atoms. The fourth-order valence-electron chi connectivity index (χ4n) is 1.87. The average molecular weight is 360 g/mol. The Morgan fingerprint density at radius 3 is 2.77 bits per heavy atom. The normalized spacial score (nSPS) is 11.3. The zero-order chi connectivity index (χ0) is 15.7. The molecular formula is C13H8ClF2N3OS2. The number of carbonyl (C=O) groups excluding carboxylic acids is 1. The molecule has 114 valence electrons. The van der Waals surface area contributed by atoms with Gasteiger partial charge >= 0.3 is 0 Å². The van der Waals surface area contributed by atoms with Crippen molar-refractivity contribution in [2.24, 2.45) is 0 Å². The Bertz CT molecular complexity index is 816. The summed E-state index contributed by atoms with van der Waals surface area (Å²) in [7, 11) is 0. The van der Waals surface area contributed by atoms with E-state index in [2.05, 4.69) is 10.3 Å². The highest BCUT2D eigenvalue weighted by atomic mass is 35.5. The van der Waals surface area contributed by atoms with Gasteiger partial charge in [0.2, 0.25) is 0 Å². The summed E-state index contributed by atoms with van der Waals surface area (Å²) in [4.78, 5) is 17.4. The van der Waals surface area contributed by atoms with Crippen LogP contribution in [0.25, 0.3) is 4.96 Å². The minimum absolute atomic E-state index is 0.120. The molecular weight excluding hydrogens is 352 g/mol. The summed E-state index contributed by atoms with van der Waals surface area (Å²) in [6.45, 7) is 0. The molecule has 0 aliphatic carbocycles. The summed E-state index contributed by atoms with van der Waals surface area (Å²) in [6, 6.07) is 6.15. The smallest absolute Gasteiger partial charge is 0.288 e. The number of aromatic nitrogens is 2. The highest BCUT2D eigenvalue weighted by Gasteiger charge is 2.18. The molecule has 1 amide bonds. The molecule has 0 atom stereocenters. The van der Waals surface area contributed by atoms with Crippen molar-refractivity contribution in [2.45, 2.75) is 10.7 Å². The van der Waals surface area contributed by atoms with Crippen LogP contribution in [0.2, 0.25) is 5.15 Å². The first-order valence-corrected chi connectivity index (χ1v) is 8.15. The maximum Gasteiger partial charge on any atom is 0.288 e. The van der Waals surface area contributed by atoms with E-state index in [9.17, 15) is 13.6 Å². The number of hydrogen-bond acceptors (Lipinski definition) is 4. The molecule has 0 unspecified atom stereocenters. The van der Waals surface area contributed by atoms with E-state index in [0.29, 0.717) is 27.3 Å². The van der Waals surface area contributed by atoms with Crippen molar-refractivity contribution < 1.29 is 13.6 Å². The molecule has 0 aliphatic rings. The van der Waals surface area contributed by atoms with Gasteiger partial charge < -0.3 is 5.32 Å². The minimum atomic E-state index is -2.47.